The molecule has 0 spiro atoms. The maximum Gasteiger partial charge on any atom is 0.337 e. The molecule has 6 nitrogen and oxygen atoms in total. The lowest BCUT2D eigenvalue weighted by Crippen LogP contribution is -2.42. The fraction of sp³-hybridized carbons (Fsp3) is 0.462. The highest BCUT2D eigenvalue weighted by atomic mass is 35.5. The number of carbonyl (C=O) groups is 2. The Morgan fingerprint density at radius 3 is 2.90 bits per heavy atom. The summed E-state index contributed by atoms with van der Waals surface area (Å²) >= 11 is 6.10. The molecule has 0 aromatic carbocycles. The number of carboxylic acid groups (broad SMARTS) is 1. The van der Waals surface area contributed by atoms with Gasteiger partial charge in [-0.15, -0.1) is 0 Å². The first-order valence-corrected chi connectivity index (χ1v) is 6.76. The zero-order valence-corrected chi connectivity index (χ0v) is 11.9. The second-order valence-corrected chi connectivity index (χ2v) is 5.14. The Labute approximate surface area is 121 Å². The third-order valence-corrected chi connectivity index (χ3v) is 3.68. The van der Waals surface area contributed by atoms with Crippen molar-refractivity contribution < 1.29 is 14.7 Å². The van der Waals surface area contributed by atoms with E-state index in [1.54, 1.807) is 7.05 Å². The van der Waals surface area contributed by atoms with Gasteiger partial charge in [-0.2, -0.15) is 0 Å². The van der Waals surface area contributed by atoms with Gasteiger partial charge in [0.25, 0.3) is 0 Å². The Kier molecular flexibility index (Phi) is 4.44. The molecule has 0 aliphatic carbocycles. The molecule has 1 fully saturated rings. The lowest BCUT2D eigenvalue weighted by atomic mass is 9.97. The fourth-order valence-corrected chi connectivity index (χ4v) is 2.65. The summed E-state index contributed by atoms with van der Waals surface area (Å²) < 4.78 is 0. The molecule has 20 heavy (non-hydrogen) atoms. The molecule has 1 saturated heterocycles. The van der Waals surface area contributed by atoms with Gasteiger partial charge in [0.2, 0.25) is 5.91 Å². The van der Waals surface area contributed by atoms with Crippen molar-refractivity contribution in [2.75, 3.05) is 25.0 Å². The van der Waals surface area contributed by atoms with E-state index in [4.69, 9.17) is 16.7 Å². The van der Waals surface area contributed by atoms with Crippen LogP contribution in [0.15, 0.2) is 12.3 Å². The number of rotatable bonds is 3. The number of anilines is 1. The molecule has 108 valence electrons. The quantitative estimate of drug-likeness (QED) is 0.881. The van der Waals surface area contributed by atoms with E-state index in [1.165, 1.54) is 12.3 Å². The first kappa shape index (κ1) is 14.6. The third-order valence-electron chi connectivity index (χ3n) is 3.41. The molecule has 1 aliphatic heterocycles. The van der Waals surface area contributed by atoms with Gasteiger partial charge in [0.05, 0.1) is 16.5 Å². The predicted octanol–water partition coefficient (Wildman–Crippen LogP) is 1.40. The number of aromatic carboxylic acids is 1. The van der Waals surface area contributed by atoms with E-state index in [9.17, 15) is 9.59 Å². The number of nitrogens with one attached hydrogen (secondary N) is 1. The van der Waals surface area contributed by atoms with Gasteiger partial charge < -0.3 is 15.3 Å². The van der Waals surface area contributed by atoms with Crippen molar-refractivity contribution in [2.45, 2.75) is 12.8 Å². The van der Waals surface area contributed by atoms with E-state index >= 15 is 0 Å². The second-order valence-electron chi connectivity index (χ2n) is 4.73. The van der Waals surface area contributed by atoms with Crippen molar-refractivity contribution in [3.63, 3.8) is 0 Å². The van der Waals surface area contributed by atoms with Crippen LogP contribution in [-0.4, -0.2) is 42.1 Å². The van der Waals surface area contributed by atoms with Gasteiger partial charge in [-0.05, 0) is 18.9 Å². The van der Waals surface area contributed by atoms with Crippen LogP contribution in [0, 0.1) is 5.92 Å². The topological polar surface area (TPSA) is 82.5 Å². The second kappa shape index (κ2) is 6.09. The molecular formula is C13H16ClN3O3. The number of carboxylic acids is 1. The Morgan fingerprint density at radius 2 is 2.30 bits per heavy atom. The van der Waals surface area contributed by atoms with E-state index in [0.29, 0.717) is 17.4 Å². The zero-order chi connectivity index (χ0) is 14.7. The van der Waals surface area contributed by atoms with Crippen LogP contribution in [0.4, 0.5) is 5.82 Å². The predicted molar refractivity (Wildman–Crippen MR) is 75.2 cm³/mol. The summed E-state index contributed by atoms with van der Waals surface area (Å²) in [7, 11) is 1.62. The van der Waals surface area contributed by atoms with Crippen molar-refractivity contribution in [3.8, 4) is 0 Å². The van der Waals surface area contributed by atoms with E-state index < -0.39 is 5.97 Å². The Balaban J connectivity index is 2.19. The summed E-state index contributed by atoms with van der Waals surface area (Å²) in [5.74, 6) is -0.614. The number of nitrogens with zero attached hydrogens (tertiary/aromatic N) is 2. The van der Waals surface area contributed by atoms with Crippen LogP contribution in [0.25, 0.3) is 0 Å². The van der Waals surface area contributed by atoms with Crippen LogP contribution in [0.2, 0.25) is 5.02 Å². The molecule has 7 heteroatoms. The smallest absolute Gasteiger partial charge is 0.337 e. The van der Waals surface area contributed by atoms with Crippen LogP contribution >= 0.6 is 11.6 Å². The van der Waals surface area contributed by atoms with E-state index in [1.807, 2.05) is 4.90 Å². The largest absolute Gasteiger partial charge is 0.478 e. The number of pyridine rings is 1. The van der Waals surface area contributed by atoms with Gasteiger partial charge in [0, 0.05) is 26.3 Å². The highest BCUT2D eigenvalue weighted by molar-refractivity contribution is 6.33. The average molecular weight is 298 g/mol. The first-order chi connectivity index (χ1) is 9.52. The number of hydrogen-bond donors (Lipinski definition) is 2. The molecule has 1 atom stereocenters. The van der Waals surface area contributed by atoms with Crippen molar-refractivity contribution in [1.82, 2.24) is 10.3 Å². The fourth-order valence-electron chi connectivity index (χ4n) is 2.37. The highest BCUT2D eigenvalue weighted by Gasteiger charge is 2.27. The summed E-state index contributed by atoms with van der Waals surface area (Å²) in [5.41, 5.74) is 0.0543. The van der Waals surface area contributed by atoms with Crippen LogP contribution in [-0.2, 0) is 4.79 Å². The van der Waals surface area contributed by atoms with Gasteiger partial charge in [-0.3, -0.25) is 4.79 Å². The summed E-state index contributed by atoms with van der Waals surface area (Å²) in [6, 6.07) is 1.38. The minimum Gasteiger partial charge on any atom is -0.478 e. The van der Waals surface area contributed by atoms with Gasteiger partial charge in [0.1, 0.15) is 5.82 Å². The molecule has 1 unspecified atom stereocenters. The molecule has 1 aliphatic rings. The third kappa shape index (κ3) is 3.01. The van der Waals surface area contributed by atoms with Gasteiger partial charge in [0.15, 0.2) is 0 Å². The van der Waals surface area contributed by atoms with E-state index in [0.717, 1.165) is 19.4 Å². The molecule has 2 N–H and O–H groups in total. The van der Waals surface area contributed by atoms with E-state index in [-0.39, 0.29) is 17.4 Å². The number of aromatic nitrogens is 1. The first-order valence-electron chi connectivity index (χ1n) is 6.38. The van der Waals surface area contributed by atoms with Gasteiger partial charge >= 0.3 is 5.97 Å². The summed E-state index contributed by atoms with van der Waals surface area (Å²) in [6.07, 6.45) is 2.99. The van der Waals surface area contributed by atoms with Crippen LogP contribution in [0.3, 0.4) is 0 Å². The number of carbonyl (C=O) groups excluding carboxylic acids is 1. The minimum atomic E-state index is -1.06. The monoisotopic (exact) mass is 297 g/mol. The molecule has 0 bridgehead atoms. The lowest BCUT2D eigenvalue weighted by molar-refractivity contribution is -0.124. The molecule has 2 heterocycles. The van der Waals surface area contributed by atoms with Gasteiger partial charge in [-0.1, -0.05) is 11.6 Å². The van der Waals surface area contributed by atoms with Crippen molar-refractivity contribution in [2.24, 2.45) is 5.92 Å². The van der Waals surface area contributed by atoms with Crippen molar-refractivity contribution in [3.05, 3.63) is 22.8 Å². The molecule has 1 amide bonds. The average Bonchev–Trinajstić information content (AvgIpc) is 2.46. The molecular weight excluding hydrogens is 282 g/mol. The normalized spacial score (nSPS) is 18.7. The molecule has 0 saturated carbocycles. The van der Waals surface area contributed by atoms with Crippen molar-refractivity contribution >= 4 is 29.3 Å². The standard InChI is InChI=1S/C13H16ClN3O3/c1-15-12(18)8-3-2-4-17(7-8)11-10(14)5-9(6-16-11)13(19)20/h5-6,8H,2-4,7H2,1H3,(H,15,18)(H,19,20). The Hall–Kier alpha value is -1.82. The minimum absolute atomic E-state index is 0.00739. The number of amides is 1. The van der Waals surface area contributed by atoms with Gasteiger partial charge in [-0.25, -0.2) is 9.78 Å². The van der Waals surface area contributed by atoms with Crippen LogP contribution in [0.5, 0.6) is 0 Å². The SMILES string of the molecule is CNC(=O)C1CCCN(c2ncc(C(=O)O)cc2Cl)C1. The highest BCUT2D eigenvalue weighted by Crippen LogP contribution is 2.28. The molecule has 1 aromatic rings. The zero-order valence-electron chi connectivity index (χ0n) is 11.1. The maximum atomic E-state index is 11.7. The van der Waals surface area contributed by atoms with Crippen LogP contribution < -0.4 is 10.2 Å². The summed E-state index contributed by atoms with van der Waals surface area (Å²) in [5, 5.41) is 11.8. The number of hydrogen-bond acceptors (Lipinski definition) is 4. The number of halogens is 1. The Morgan fingerprint density at radius 1 is 1.55 bits per heavy atom. The summed E-state index contributed by atoms with van der Waals surface area (Å²) in [4.78, 5) is 28.6. The maximum absolute atomic E-state index is 11.7. The molecule has 1 aromatic heterocycles. The van der Waals surface area contributed by atoms with E-state index in [2.05, 4.69) is 10.3 Å². The Bertz CT molecular complexity index is 536. The van der Waals surface area contributed by atoms with Crippen molar-refractivity contribution in [1.29, 1.82) is 0 Å². The summed E-state index contributed by atoms with van der Waals surface area (Å²) in [6.45, 7) is 1.30. The molecule has 0 radical (unpaired) electrons. The molecule has 2 rings (SSSR count). The lowest BCUT2D eigenvalue weighted by Gasteiger charge is -2.33. The number of piperidine rings is 1. The van der Waals surface area contributed by atoms with Crippen LogP contribution in [0.1, 0.15) is 23.2 Å².